The minimum Gasteiger partial charge on any atom is -0.346 e. The zero-order valence-electron chi connectivity index (χ0n) is 7.60. The lowest BCUT2D eigenvalue weighted by molar-refractivity contribution is 1.31. The third-order valence-electron chi connectivity index (χ3n) is 1.54. The summed E-state index contributed by atoms with van der Waals surface area (Å²) in [6.45, 7) is 1.91. The molecule has 0 bridgehead atoms. The molecule has 0 spiro atoms. The second-order valence-electron chi connectivity index (χ2n) is 2.24. The van der Waals surface area contributed by atoms with Gasteiger partial charge < -0.3 is 4.98 Å². The summed E-state index contributed by atoms with van der Waals surface area (Å²) in [5, 5.41) is 0.927. The number of hydrogen-bond donors (Lipinski definition) is 1. The third kappa shape index (κ3) is 0.620. The van der Waals surface area contributed by atoms with Crippen LogP contribution in [0.3, 0.4) is 0 Å². The molecule has 2 aromatic heterocycles. The largest absolute Gasteiger partial charge is 0.346 e. The molecule has 2 aromatic rings. The Morgan fingerprint density at radius 2 is 2.50 bits per heavy atom. The SMILES string of the molecule is [3H]c1cc(C)c2cc([3H])[nH]c2n1. The first-order chi connectivity index (χ1) is 5.66. The molecule has 2 nitrogen and oxygen atoms in total. The van der Waals surface area contributed by atoms with Gasteiger partial charge in [0.2, 0.25) is 0 Å². The van der Waals surface area contributed by atoms with Crippen LogP contribution in [0.1, 0.15) is 8.30 Å². The van der Waals surface area contributed by atoms with Gasteiger partial charge in [0.25, 0.3) is 0 Å². The molecule has 0 amide bonds. The van der Waals surface area contributed by atoms with Crippen molar-refractivity contribution < 1.29 is 2.74 Å². The Kier molecular flexibility index (Phi) is 0.691. The molecular weight excluding hydrogens is 124 g/mol. The van der Waals surface area contributed by atoms with Gasteiger partial charge in [-0.05, 0) is 24.6 Å². The number of aryl methyl sites for hydroxylation is 1. The molecule has 0 unspecified atom stereocenters. The lowest BCUT2D eigenvalue weighted by atomic mass is 10.2. The summed E-state index contributed by atoms with van der Waals surface area (Å²) in [6.07, 6.45) is 0.577. The van der Waals surface area contributed by atoms with E-state index in [1.54, 1.807) is 12.1 Å². The molecule has 0 aliphatic rings. The van der Waals surface area contributed by atoms with Crippen LogP contribution in [0.2, 0.25) is 0 Å². The van der Waals surface area contributed by atoms with Crippen molar-refractivity contribution >= 4 is 11.0 Å². The molecule has 0 aliphatic carbocycles. The molecule has 50 valence electrons. The summed E-state index contributed by atoms with van der Waals surface area (Å²) in [6, 6.07) is 3.41. The first kappa shape index (κ1) is 3.76. The lowest BCUT2D eigenvalue weighted by Crippen LogP contribution is -1.77. The van der Waals surface area contributed by atoms with Crippen LogP contribution in [0.15, 0.2) is 24.5 Å². The fourth-order valence-electron chi connectivity index (χ4n) is 0.972. The molecule has 0 atom stereocenters. The van der Waals surface area contributed by atoms with Gasteiger partial charge in [-0.15, -0.1) is 0 Å². The zero-order chi connectivity index (χ0) is 8.72. The Bertz CT molecular complexity index is 434. The van der Waals surface area contributed by atoms with Crippen LogP contribution in [0.4, 0.5) is 0 Å². The van der Waals surface area contributed by atoms with E-state index in [1.807, 2.05) is 6.92 Å². The summed E-state index contributed by atoms with van der Waals surface area (Å²) in [7, 11) is 0. The molecule has 2 heteroatoms. The number of nitrogens with zero attached hydrogens (tertiary/aromatic N) is 1. The Balaban J connectivity index is 2.88. The van der Waals surface area contributed by atoms with E-state index in [0.717, 1.165) is 10.9 Å². The van der Waals surface area contributed by atoms with Crippen LogP contribution in [0.25, 0.3) is 11.0 Å². The number of fused-ring (bicyclic) bond motifs is 1. The summed E-state index contributed by atoms with van der Waals surface area (Å²) in [5.74, 6) is 0. The van der Waals surface area contributed by atoms with Gasteiger partial charge in [-0.3, -0.25) is 0 Å². The molecule has 1 N–H and O–H groups in total. The number of nitrogens with one attached hydrogen (secondary N) is 1. The summed E-state index contributed by atoms with van der Waals surface area (Å²) >= 11 is 0. The highest BCUT2D eigenvalue weighted by atomic mass is 14.8. The van der Waals surface area contributed by atoms with Crippen LogP contribution >= 0.6 is 0 Å². The fraction of sp³-hybridized carbons (Fsp3) is 0.125. The second-order valence-corrected chi connectivity index (χ2v) is 2.24. The highest BCUT2D eigenvalue weighted by Gasteiger charge is 1.95. The lowest BCUT2D eigenvalue weighted by Gasteiger charge is -1.91. The van der Waals surface area contributed by atoms with Gasteiger partial charge in [0.05, 0.1) is 2.74 Å². The fourth-order valence-corrected chi connectivity index (χ4v) is 0.972. The molecule has 0 saturated carbocycles. The van der Waals surface area contributed by atoms with E-state index in [9.17, 15) is 0 Å². The molecule has 0 fully saturated rings. The highest BCUT2D eigenvalue weighted by molar-refractivity contribution is 5.78. The summed E-state index contributed by atoms with van der Waals surface area (Å²) < 4.78 is 14.7. The van der Waals surface area contributed by atoms with E-state index in [4.69, 9.17) is 2.74 Å². The standard InChI is InChI=1S/C8H8N2/c1-6-2-4-9-8-7(6)3-5-10-8/h2-5H,1H3,(H,9,10)/i4T,5T. The van der Waals surface area contributed by atoms with Crippen molar-refractivity contribution in [2.45, 2.75) is 6.92 Å². The first-order valence-electron chi connectivity index (χ1n) is 4.10. The van der Waals surface area contributed by atoms with E-state index in [2.05, 4.69) is 9.97 Å². The van der Waals surface area contributed by atoms with Crippen LogP contribution < -0.4 is 0 Å². The number of aromatic nitrogens is 2. The van der Waals surface area contributed by atoms with Crippen molar-refractivity contribution in [3.8, 4) is 0 Å². The number of H-pyrrole nitrogens is 1. The van der Waals surface area contributed by atoms with Crippen molar-refractivity contribution in [3.63, 3.8) is 0 Å². The minimum atomic E-state index is 0.238. The average Bonchev–Trinajstić information content (AvgIpc) is 2.29. The molecule has 10 heavy (non-hydrogen) atoms. The second kappa shape index (κ2) is 1.84. The Morgan fingerprint density at radius 3 is 3.40 bits per heavy atom. The van der Waals surface area contributed by atoms with Crippen LogP contribution in [-0.4, -0.2) is 9.97 Å². The summed E-state index contributed by atoms with van der Waals surface area (Å²) in [4.78, 5) is 6.72. The van der Waals surface area contributed by atoms with Crippen LogP contribution in [0, 0.1) is 6.92 Å². The molecule has 0 aliphatic heterocycles. The summed E-state index contributed by atoms with van der Waals surface area (Å²) in [5.41, 5.74) is 1.62. The van der Waals surface area contributed by atoms with E-state index in [-0.39, 0.29) is 6.17 Å². The molecule has 2 heterocycles. The van der Waals surface area contributed by atoms with Gasteiger partial charge in [0.15, 0.2) is 0 Å². The predicted octanol–water partition coefficient (Wildman–Crippen LogP) is 1.87. The van der Waals surface area contributed by atoms with Gasteiger partial charge in [-0.25, -0.2) is 4.98 Å². The highest BCUT2D eigenvalue weighted by Crippen LogP contribution is 2.12. The zero-order valence-corrected chi connectivity index (χ0v) is 5.60. The molecule has 0 radical (unpaired) electrons. The van der Waals surface area contributed by atoms with Crippen molar-refractivity contribution in [2.75, 3.05) is 0 Å². The molecular formula is C8H8N2. The number of hydrogen-bond acceptors (Lipinski definition) is 1. The van der Waals surface area contributed by atoms with E-state index >= 15 is 0 Å². The topological polar surface area (TPSA) is 28.7 Å². The maximum atomic E-state index is 7.33. The quantitative estimate of drug-likeness (QED) is 0.588. The van der Waals surface area contributed by atoms with Gasteiger partial charge in [-0.1, -0.05) is 0 Å². The van der Waals surface area contributed by atoms with Gasteiger partial charge in [0.1, 0.15) is 5.65 Å². The number of rotatable bonds is 0. The minimum absolute atomic E-state index is 0.238. The van der Waals surface area contributed by atoms with Crippen molar-refractivity contribution in [2.24, 2.45) is 0 Å². The maximum Gasteiger partial charge on any atom is 0.137 e. The van der Waals surface area contributed by atoms with Crippen LogP contribution in [-0.2, 0) is 0 Å². The Hall–Kier alpha value is -1.31. The van der Waals surface area contributed by atoms with E-state index in [0.29, 0.717) is 11.8 Å². The van der Waals surface area contributed by atoms with E-state index < -0.39 is 0 Å². The van der Waals surface area contributed by atoms with Gasteiger partial charge in [-0.2, -0.15) is 0 Å². The Labute approximate surface area is 61.7 Å². The third-order valence-corrected chi connectivity index (χ3v) is 1.54. The first-order valence-corrected chi connectivity index (χ1v) is 3.10. The van der Waals surface area contributed by atoms with Crippen molar-refractivity contribution in [3.05, 3.63) is 30.0 Å². The smallest absolute Gasteiger partial charge is 0.137 e. The molecule has 0 saturated heterocycles. The Morgan fingerprint density at radius 1 is 1.60 bits per heavy atom. The number of pyridine rings is 1. The van der Waals surface area contributed by atoms with E-state index in [1.165, 1.54) is 0 Å². The number of aromatic amines is 1. The monoisotopic (exact) mass is 136 g/mol. The van der Waals surface area contributed by atoms with Crippen LogP contribution in [0.5, 0.6) is 0 Å². The van der Waals surface area contributed by atoms with Crippen molar-refractivity contribution in [1.29, 1.82) is 0 Å². The van der Waals surface area contributed by atoms with Gasteiger partial charge in [0, 0.05) is 17.7 Å². The average molecular weight is 136 g/mol. The molecule has 0 aromatic carbocycles. The van der Waals surface area contributed by atoms with Gasteiger partial charge >= 0.3 is 0 Å². The predicted molar refractivity (Wildman–Crippen MR) is 40.8 cm³/mol. The maximum absolute atomic E-state index is 7.33. The van der Waals surface area contributed by atoms with Crippen molar-refractivity contribution in [1.82, 2.24) is 9.97 Å². The normalized spacial score (nSPS) is 13.3. The molecule has 2 rings (SSSR count).